The number of dihydropyridines is 1. The summed E-state index contributed by atoms with van der Waals surface area (Å²) in [4.78, 5) is 37.5. The highest BCUT2D eigenvalue weighted by atomic mass is 16.6. The highest BCUT2D eigenvalue weighted by Crippen LogP contribution is 2.46. The molecule has 0 fully saturated rings. The monoisotopic (exact) mass is 446 g/mol. The van der Waals surface area contributed by atoms with Gasteiger partial charge in [0.05, 0.1) is 16.6 Å². The molecular formula is C26H26N2O5. The second-order valence-corrected chi connectivity index (χ2v) is 8.73. The first-order valence-corrected chi connectivity index (χ1v) is 11.0. The molecule has 2 aromatic rings. The Labute approximate surface area is 192 Å². The van der Waals surface area contributed by atoms with Crippen molar-refractivity contribution in [3.05, 3.63) is 98.4 Å². The first-order valence-electron chi connectivity index (χ1n) is 11.0. The molecule has 4 rings (SSSR count). The quantitative estimate of drug-likeness (QED) is 0.398. The van der Waals surface area contributed by atoms with Gasteiger partial charge in [0.1, 0.15) is 0 Å². The van der Waals surface area contributed by atoms with E-state index in [0.717, 1.165) is 11.3 Å². The van der Waals surface area contributed by atoms with Gasteiger partial charge in [0.25, 0.3) is 5.69 Å². The van der Waals surface area contributed by atoms with Crippen LogP contribution in [0.15, 0.2) is 77.1 Å². The van der Waals surface area contributed by atoms with Gasteiger partial charge in [-0.3, -0.25) is 14.9 Å². The Kier molecular flexibility index (Phi) is 6.14. The Morgan fingerprint density at radius 1 is 1.09 bits per heavy atom. The molecular weight excluding hydrogens is 420 g/mol. The first-order chi connectivity index (χ1) is 15.8. The van der Waals surface area contributed by atoms with Gasteiger partial charge in [0, 0.05) is 41.4 Å². The predicted octanol–water partition coefficient (Wildman–Crippen LogP) is 4.91. The van der Waals surface area contributed by atoms with Crippen molar-refractivity contribution in [1.29, 1.82) is 0 Å². The Balaban J connectivity index is 1.83. The lowest BCUT2D eigenvalue weighted by molar-refractivity contribution is -0.384. The van der Waals surface area contributed by atoms with Crippen LogP contribution < -0.4 is 5.32 Å². The molecule has 2 aromatic carbocycles. The highest BCUT2D eigenvalue weighted by molar-refractivity contribution is 6.04. The van der Waals surface area contributed by atoms with Crippen LogP contribution in [0.4, 0.5) is 5.69 Å². The predicted molar refractivity (Wildman–Crippen MR) is 123 cm³/mol. The maximum absolute atomic E-state index is 13.5. The van der Waals surface area contributed by atoms with Crippen LogP contribution in [-0.2, 0) is 14.3 Å². The summed E-state index contributed by atoms with van der Waals surface area (Å²) in [5, 5.41) is 14.7. The molecule has 7 heteroatoms. The molecule has 0 unspecified atom stereocenters. The van der Waals surface area contributed by atoms with Gasteiger partial charge in [-0.15, -0.1) is 0 Å². The van der Waals surface area contributed by atoms with E-state index in [1.165, 1.54) is 12.1 Å². The summed E-state index contributed by atoms with van der Waals surface area (Å²) in [5.74, 6) is -1.31. The van der Waals surface area contributed by atoms with E-state index in [1.807, 2.05) is 30.3 Å². The van der Waals surface area contributed by atoms with Crippen LogP contribution in [0.1, 0.15) is 56.6 Å². The molecule has 0 aromatic heterocycles. The summed E-state index contributed by atoms with van der Waals surface area (Å²) in [5.41, 5.74) is 3.68. The van der Waals surface area contributed by atoms with Gasteiger partial charge in [-0.2, -0.15) is 0 Å². The molecule has 0 spiro atoms. The van der Waals surface area contributed by atoms with Gasteiger partial charge in [-0.05, 0) is 44.2 Å². The zero-order chi connectivity index (χ0) is 23.7. The Bertz CT molecular complexity index is 1180. The molecule has 0 radical (unpaired) electrons. The fraction of sp³-hybridized carbons (Fsp3) is 0.308. The van der Waals surface area contributed by atoms with Crippen LogP contribution in [0, 0.1) is 10.1 Å². The van der Waals surface area contributed by atoms with E-state index in [4.69, 9.17) is 4.74 Å². The van der Waals surface area contributed by atoms with Crippen molar-refractivity contribution >= 4 is 17.4 Å². The second-order valence-electron chi connectivity index (χ2n) is 8.73. The van der Waals surface area contributed by atoms with Crippen LogP contribution in [0.3, 0.4) is 0 Å². The van der Waals surface area contributed by atoms with Crippen molar-refractivity contribution in [2.45, 2.75) is 51.6 Å². The number of hydrogen-bond acceptors (Lipinski definition) is 6. The molecule has 1 aliphatic heterocycles. The number of carbonyl (C=O) groups is 2. The van der Waals surface area contributed by atoms with Crippen LogP contribution in [0.5, 0.6) is 0 Å². The topological polar surface area (TPSA) is 98.5 Å². The SMILES string of the molecule is CC1=C(C(=O)OC(C)C)[C@H](c2cccc([N+](=O)[O-])c2)C2=C(C[C@H](c3ccccc3)CC2=O)N1. The van der Waals surface area contributed by atoms with E-state index >= 15 is 0 Å². The van der Waals surface area contributed by atoms with Gasteiger partial charge in [0.2, 0.25) is 0 Å². The smallest absolute Gasteiger partial charge is 0.337 e. The molecule has 2 atom stereocenters. The number of ether oxygens (including phenoxy) is 1. The van der Waals surface area contributed by atoms with E-state index in [-0.39, 0.29) is 23.5 Å². The number of carbonyl (C=O) groups excluding carboxylic acids is 2. The van der Waals surface area contributed by atoms with E-state index in [2.05, 4.69) is 5.32 Å². The number of ketones is 1. The van der Waals surface area contributed by atoms with Gasteiger partial charge in [-0.1, -0.05) is 42.5 Å². The van der Waals surface area contributed by atoms with Gasteiger partial charge in [0.15, 0.2) is 5.78 Å². The maximum Gasteiger partial charge on any atom is 0.337 e. The largest absolute Gasteiger partial charge is 0.460 e. The van der Waals surface area contributed by atoms with Crippen molar-refractivity contribution in [3.8, 4) is 0 Å². The lowest BCUT2D eigenvalue weighted by Crippen LogP contribution is -2.36. The van der Waals surface area contributed by atoms with Crippen molar-refractivity contribution < 1.29 is 19.2 Å². The average molecular weight is 447 g/mol. The molecule has 2 aliphatic rings. The van der Waals surface area contributed by atoms with Gasteiger partial charge in [-0.25, -0.2) is 4.79 Å². The molecule has 33 heavy (non-hydrogen) atoms. The fourth-order valence-electron chi connectivity index (χ4n) is 4.70. The minimum atomic E-state index is -0.725. The summed E-state index contributed by atoms with van der Waals surface area (Å²) < 4.78 is 5.49. The zero-order valence-corrected chi connectivity index (χ0v) is 18.8. The van der Waals surface area contributed by atoms with Gasteiger partial charge >= 0.3 is 5.97 Å². The molecule has 7 nitrogen and oxygen atoms in total. The molecule has 0 saturated carbocycles. The number of nitrogens with zero attached hydrogens (tertiary/aromatic N) is 1. The third kappa shape index (κ3) is 4.44. The van der Waals surface area contributed by atoms with Gasteiger partial charge < -0.3 is 10.1 Å². The summed E-state index contributed by atoms with van der Waals surface area (Å²) in [6.45, 7) is 5.29. The van der Waals surface area contributed by atoms with Crippen LogP contribution in [0.25, 0.3) is 0 Å². The van der Waals surface area contributed by atoms with E-state index in [9.17, 15) is 19.7 Å². The van der Waals surface area contributed by atoms with Crippen molar-refractivity contribution in [2.75, 3.05) is 0 Å². The Hall–Kier alpha value is -3.74. The molecule has 1 aliphatic carbocycles. The standard InChI is InChI=1S/C26H26N2O5/c1-15(2)33-26(30)23-16(3)27-21-13-19(17-8-5-4-6-9-17)14-22(29)25(21)24(23)18-10-7-11-20(12-18)28(31)32/h4-12,15,19,24,27H,13-14H2,1-3H3/t19-,24-/m0/s1. The van der Waals surface area contributed by atoms with Crippen molar-refractivity contribution in [2.24, 2.45) is 0 Å². The summed E-state index contributed by atoms with van der Waals surface area (Å²) >= 11 is 0. The minimum absolute atomic E-state index is 0.0210. The molecule has 0 bridgehead atoms. The van der Waals surface area contributed by atoms with Crippen LogP contribution in [-0.4, -0.2) is 22.8 Å². The van der Waals surface area contributed by atoms with Crippen molar-refractivity contribution in [1.82, 2.24) is 5.32 Å². The average Bonchev–Trinajstić information content (AvgIpc) is 2.78. The number of non-ortho nitro benzene ring substituents is 1. The number of allylic oxidation sites excluding steroid dienone is 3. The second kappa shape index (κ2) is 9.02. The van der Waals surface area contributed by atoms with Crippen LogP contribution >= 0.6 is 0 Å². The number of nitro groups is 1. The molecule has 0 saturated heterocycles. The first kappa shape index (κ1) is 22.5. The number of nitro benzene ring substituents is 1. The maximum atomic E-state index is 13.5. The van der Waals surface area contributed by atoms with Crippen molar-refractivity contribution in [3.63, 3.8) is 0 Å². The van der Waals surface area contributed by atoms with E-state index in [0.29, 0.717) is 35.2 Å². The molecule has 1 heterocycles. The highest BCUT2D eigenvalue weighted by Gasteiger charge is 2.41. The number of hydrogen-bond donors (Lipinski definition) is 1. The number of nitrogens with one attached hydrogen (secondary N) is 1. The molecule has 1 N–H and O–H groups in total. The fourth-order valence-corrected chi connectivity index (χ4v) is 4.70. The normalized spacial score (nSPS) is 20.4. The van der Waals surface area contributed by atoms with Crippen LogP contribution in [0.2, 0.25) is 0 Å². The molecule has 0 amide bonds. The van der Waals surface area contributed by atoms with E-state index < -0.39 is 16.8 Å². The third-order valence-corrected chi connectivity index (χ3v) is 6.08. The summed E-state index contributed by atoms with van der Waals surface area (Å²) in [6.07, 6.45) is 0.574. The zero-order valence-electron chi connectivity index (χ0n) is 18.8. The summed E-state index contributed by atoms with van der Waals surface area (Å²) in [7, 11) is 0. The number of rotatable bonds is 5. The number of benzene rings is 2. The minimum Gasteiger partial charge on any atom is -0.460 e. The Morgan fingerprint density at radius 3 is 2.45 bits per heavy atom. The molecule has 170 valence electrons. The number of Topliss-reactive ketones (excluding diaryl/α,β-unsaturated/α-hetero) is 1. The lowest BCUT2D eigenvalue weighted by atomic mass is 9.71. The Morgan fingerprint density at radius 2 is 1.79 bits per heavy atom. The third-order valence-electron chi connectivity index (χ3n) is 6.08. The summed E-state index contributed by atoms with van der Waals surface area (Å²) in [6, 6.07) is 16.0. The lowest BCUT2D eigenvalue weighted by Gasteiger charge is -2.36. The number of esters is 1. The van der Waals surface area contributed by atoms with E-state index in [1.54, 1.807) is 32.9 Å².